The molecule has 1 heterocycles. The Morgan fingerprint density at radius 2 is 2.18 bits per heavy atom. The Morgan fingerprint density at radius 1 is 1.41 bits per heavy atom. The van der Waals surface area contributed by atoms with Gasteiger partial charge in [-0.2, -0.15) is 0 Å². The molecule has 0 atom stereocenters. The van der Waals surface area contributed by atoms with Crippen molar-refractivity contribution < 1.29 is 14.3 Å². The molecular weight excluding hydrogens is 284 g/mol. The van der Waals surface area contributed by atoms with Crippen LogP contribution in [0.4, 0.5) is 0 Å². The fourth-order valence-corrected chi connectivity index (χ4v) is 2.33. The molecule has 2 aromatic rings. The van der Waals surface area contributed by atoms with Crippen LogP contribution >= 0.6 is 0 Å². The lowest BCUT2D eigenvalue weighted by molar-refractivity contribution is -0.133. The number of carbonyl (C=O) groups excluding carboxylic acids is 1. The number of benzene rings is 1. The maximum absolute atomic E-state index is 12.0. The number of para-hydroxylation sites is 1. The van der Waals surface area contributed by atoms with E-state index in [1.807, 2.05) is 24.3 Å². The van der Waals surface area contributed by atoms with Gasteiger partial charge in [0.25, 0.3) is 0 Å². The zero-order valence-corrected chi connectivity index (χ0v) is 12.4. The van der Waals surface area contributed by atoms with Crippen molar-refractivity contribution in [2.75, 3.05) is 20.8 Å². The maximum Gasteiger partial charge on any atom is 0.343 e. The summed E-state index contributed by atoms with van der Waals surface area (Å²) in [5, 5.41) is 4.53. The zero-order valence-electron chi connectivity index (χ0n) is 12.4. The van der Waals surface area contributed by atoms with Crippen LogP contribution in [0.25, 0.3) is 26.9 Å². The first-order valence-corrected chi connectivity index (χ1v) is 6.65. The minimum Gasteiger partial charge on any atom is -0.503 e. The van der Waals surface area contributed by atoms with E-state index >= 15 is 0 Å². The molecular formula is C15H16N4O3. The van der Waals surface area contributed by atoms with Gasteiger partial charge in [0.15, 0.2) is 0 Å². The van der Waals surface area contributed by atoms with E-state index in [4.69, 9.17) is 15.0 Å². The van der Waals surface area contributed by atoms with Crippen molar-refractivity contribution in [2.24, 2.45) is 5.11 Å². The van der Waals surface area contributed by atoms with Gasteiger partial charge in [-0.25, -0.2) is 4.79 Å². The van der Waals surface area contributed by atoms with Crippen LogP contribution in [-0.2, 0) is 20.7 Å². The summed E-state index contributed by atoms with van der Waals surface area (Å²) in [5.41, 5.74) is 11.1. The normalized spacial score (nSPS) is 11.1. The molecule has 1 N–H and O–H groups in total. The molecule has 0 fully saturated rings. The number of hydrogen-bond donors (Lipinski definition) is 1. The van der Waals surface area contributed by atoms with E-state index < -0.39 is 5.97 Å². The van der Waals surface area contributed by atoms with Crippen LogP contribution in [-0.4, -0.2) is 31.7 Å². The highest BCUT2D eigenvalue weighted by molar-refractivity contribution is 6.17. The summed E-state index contributed by atoms with van der Waals surface area (Å²) in [6.07, 6.45) is 1.84. The molecule has 1 aromatic carbocycles. The van der Waals surface area contributed by atoms with E-state index in [0.29, 0.717) is 18.7 Å². The Bertz CT molecular complexity index is 757. The molecule has 0 spiro atoms. The number of carbonyl (C=O) groups is 1. The number of aromatic amines is 1. The number of methoxy groups -OCH3 is 2. The molecule has 0 saturated carbocycles. The lowest BCUT2D eigenvalue weighted by Gasteiger charge is -2.06. The third-order valence-corrected chi connectivity index (χ3v) is 3.25. The Labute approximate surface area is 127 Å². The highest BCUT2D eigenvalue weighted by Crippen LogP contribution is 2.28. The first kappa shape index (κ1) is 15.5. The predicted octanol–water partition coefficient (Wildman–Crippen LogP) is 3.18. The predicted molar refractivity (Wildman–Crippen MR) is 83.0 cm³/mol. The molecule has 0 unspecified atom stereocenters. The molecule has 114 valence electrons. The number of rotatable bonds is 6. The van der Waals surface area contributed by atoms with Crippen molar-refractivity contribution in [2.45, 2.75) is 6.42 Å². The summed E-state index contributed by atoms with van der Waals surface area (Å²) in [6, 6.07) is 7.67. The summed E-state index contributed by atoms with van der Waals surface area (Å²) in [6.45, 7) is 0.298. The smallest absolute Gasteiger partial charge is 0.343 e. The number of fused-ring (bicyclic) bond motifs is 1. The van der Waals surface area contributed by atoms with Gasteiger partial charge < -0.3 is 14.5 Å². The summed E-state index contributed by atoms with van der Waals surface area (Å²) in [5.74, 6) is -0.501. The van der Waals surface area contributed by atoms with Crippen LogP contribution in [0.5, 0.6) is 0 Å². The lowest BCUT2D eigenvalue weighted by Crippen LogP contribution is -2.07. The van der Waals surface area contributed by atoms with Crippen molar-refractivity contribution in [3.63, 3.8) is 0 Å². The second-order valence-corrected chi connectivity index (χ2v) is 4.49. The number of nitrogens with one attached hydrogen (secondary N) is 1. The van der Waals surface area contributed by atoms with E-state index in [9.17, 15) is 4.79 Å². The fraction of sp³-hybridized carbons (Fsp3) is 0.267. The molecule has 22 heavy (non-hydrogen) atoms. The molecule has 0 aliphatic heterocycles. The molecule has 2 rings (SSSR count). The van der Waals surface area contributed by atoms with Crippen LogP contribution in [0.1, 0.15) is 11.3 Å². The number of azide groups is 1. The van der Waals surface area contributed by atoms with E-state index in [1.54, 1.807) is 0 Å². The van der Waals surface area contributed by atoms with Gasteiger partial charge in [-0.15, -0.1) is 0 Å². The molecule has 7 heteroatoms. The summed E-state index contributed by atoms with van der Waals surface area (Å²) >= 11 is 0. The number of aromatic nitrogens is 1. The van der Waals surface area contributed by atoms with Gasteiger partial charge >= 0.3 is 5.97 Å². The number of nitrogens with zero attached hydrogens (tertiary/aromatic N) is 3. The van der Waals surface area contributed by atoms with E-state index in [0.717, 1.165) is 16.5 Å². The number of ether oxygens (including phenoxy) is 2. The largest absolute Gasteiger partial charge is 0.503 e. The lowest BCUT2D eigenvalue weighted by atomic mass is 10.0. The number of H-pyrrole nitrogens is 1. The zero-order chi connectivity index (χ0) is 15.9. The van der Waals surface area contributed by atoms with Crippen molar-refractivity contribution in [3.8, 4) is 0 Å². The van der Waals surface area contributed by atoms with Gasteiger partial charge in [-0.3, -0.25) is 0 Å². The number of esters is 1. The third kappa shape index (κ3) is 3.05. The monoisotopic (exact) mass is 300 g/mol. The third-order valence-electron chi connectivity index (χ3n) is 3.25. The van der Waals surface area contributed by atoms with E-state index in [1.165, 1.54) is 20.5 Å². The van der Waals surface area contributed by atoms with Gasteiger partial charge in [0.2, 0.25) is 0 Å². The van der Waals surface area contributed by atoms with Gasteiger partial charge in [0.05, 0.1) is 26.2 Å². The molecule has 0 saturated heterocycles. The Balaban J connectivity index is 2.59. The van der Waals surface area contributed by atoms with Crippen molar-refractivity contribution >= 4 is 22.4 Å². The van der Waals surface area contributed by atoms with Gasteiger partial charge in [0.1, 0.15) is 5.57 Å². The topological polar surface area (TPSA) is 100 Å². The van der Waals surface area contributed by atoms with Crippen molar-refractivity contribution in [3.05, 3.63) is 52.2 Å². The summed E-state index contributed by atoms with van der Waals surface area (Å²) < 4.78 is 9.80. The molecule has 1 aromatic heterocycles. The van der Waals surface area contributed by atoms with Crippen molar-refractivity contribution in [1.29, 1.82) is 0 Å². The number of hydrogen-bond acceptors (Lipinski definition) is 4. The van der Waals surface area contributed by atoms with E-state index in [2.05, 4.69) is 15.0 Å². The molecule has 7 nitrogen and oxygen atoms in total. The van der Waals surface area contributed by atoms with Crippen LogP contribution in [0, 0.1) is 0 Å². The second-order valence-electron chi connectivity index (χ2n) is 4.49. The van der Waals surface area contributed by atoms with Crippen LogP contribution in [0.15, 0.2) is 35.6 Å². The highest BCUT2D eigenvalue weighted by atomic mass is 16.5. The van der Waals surface area contributed by atoms with Crippen LogP contribution < -0.4 is 0 Å². The molecule has 0 bridgehead atoms. The van der Waals surface area contributed by atoms with Crippen molar-refractivity contribution in [1.82, 2.24) is 4.98 Å². The molecule has 0 amide bonds. The maximum atomic E-state index is 12.0. The van der Waals surface area contributed by atoms with Gasteiger partial charge in [-0.1, -0.05) is 23.3 Å². The second kappa shape index (κ2) is 7.19. The average molecular weight is 300 g/mol. The first-order chi connectivity index (χ1) is 10.7. The Hall–Kier alpha value is -2.92. The molecule has 0 aliphatic carbocycles. The minimum atomic E-state index is -0.501. The van der Waals surface area contributed by atoms with Crippen LogP contribution in [0.3, 0.4) is 0 Å². The minimum absolute atomic E-state index is 0.289. The SMILES string of the molecule is CO/C=C(\C(=O)OC)c1[nH]c2ccccc2c1CCN=[N+]=[N-]. The summed E-state index contributed by atoms with van der Waals surface area (Å²) in [4.78, 5) is 18.0. The Morgan fingerprint density at radius 3 is 2.86 bits per heavy atom. The average Bonchev–Trinajstić information content (AvgIpc) is 2.91. The first-order valence-electron chi connectivity index (χ1n) is 6.65. The summed E-state index contributed by atoms with van der Waals surface area (Å²) in [7, 11) is 2.78. The Kier molecular flexibility index (Phi) is 5.06. The van der Waals surface area contributed by atoms with Crippen LogP contribution in [0.2, 0.25) is 0 Å². The molecule has 0 aliphatic rings. The molecule has 0 radical (unpaired) electrons. The van der Waals surface area contributed by atoms with Gasteiger partial charge in [0, 0.05) is 22.4 Å². The van der Waals surface area contributed by atoms with Gasteiger partial charge in [-0.05, 0) is 23.6 Å². The quantitative estimate of drug-likeness (QED) is 0.221. The van der Waals surface area contributed by atoms with E-state index in [-0.39, 0.29) is 5.57 Å². The fourth-order valence-electron chi connectivity index (χ4n) is 2.33. The highest BCUT2D eigenvalue weighted by Gasteiger charge is 2.20. The standard InChI is InChI=1S/C15H16N4O3/c1-21-9-12(15(20)22-2)14-11(7-8-17-19-16)10-5-3-4-6-13(10)18-14/h3-6,9,18H,7-8H2,1-2H3/b12-9-.